The Morgan fingerprint density at radius 2 is 1.75 bits per heavy atom. The first-order valence-electron chi connectivity index (χ1n) is 6.40. The van der Waals surface area contributed by atoms with Crippen molar-refractivity contribution < 1.29 is 4.79 Å². The molecular formula is C16H21ClN2O. The maximum atomic E-state index is 12.0. The Balaban J connectivity index is 0.00000200. The molecule has 0 radical (unpaired) electrons. The highest BCUT2D eigenvalue weighted by atomic mass is 35.5. The number of fused-ring (bicyclic) bond motifs is 1. The number of hydrogen-bond donors (Lipinski definition) is 1. The molecule has 108 valence electrons. The van der Waals surface area contributed by atoms with Gasteiger partial charge in [-0.3, -0.25) is 4.79 Å². The van der Waals surface area contributed by atoms with E-state index in [4.69, 9.17) is 5.73 Å². The highest BCUT2D eigenvalue weighted by Crippen LogP contribution is 2.17. The van der Waals surface area contributed by atoms with Gasteiger partial charge >= 0.3 is 0 Å². The third-order valence-electron chi connectivity index (χ3n) is 3.13. The Labute approximate surface area is 126 Å². The second-order valence-corrected chi connectivity index (χ2v) is 5.56. The van der Waals surface area contributed by atoms with Crippen molar-refractivity contribution in [2.45, 2.75) is 25.9 Å². The lowest BCUT2D eigenvalue weighted by molar-refractivity contribution is -0.134. The molecule has 0 saturated heterocycles. The molecule has 3 nitrogen and oxygen atoms in total. The van der Waals surface area contributed by atoms with Crippen LogP contribution in [0.3, 0.4) is 0 Å². The average molecular weight is 293 g/mol. The molecule has 0 heterocycles. The van der Waals surface area contributed by atoms with Gasteiger partial charge in [-0.2, -0.15) is 0 Å². The molecule has 2 aromatic rings. The number of carbonyl (C=O) groups is 1. The monoisotopic (exact) mass is 292 g/mol. The fourth-order valence-corrected chi connectivity index (χ4v) is 2.17. The highest BCUT2D eigenvalue weighted by Gasteiger charge is 2.25. The van der Waals surface area contributed by atoms with Gasteiger partial charge in [-0.05, 0) is 36.2 Å². The van der Waals surface area contributed by atoms with Gasteiger partial charge in [-0.25, -0.2) is 0 Å². The van der Waals surface area contributed by atoms with Crippen molar-refractivity contribution in [2.24, 2.45) is 5.73 Å². The van der Waals surface area contributed by atoms with Gasteiger partial charge in [0.25, 0.3) is 0 Å². The van der Waals surface area contributed by atoms with Crippen LogP contribution in [0.25, 0.3) is 10.8 Å². The molecule has 0 spiro atoms. The van der Waals surface area contributed by atoms with Crippen LogP contribution >= 0.6 is 12.4 Å². The van der Waals surface area contributed by atoms with Crippen molar-refractivity contribution in [1.29, 1.82) is 0 Å². The minimum Gasteiger partial charge on any atom is -0.340 e. The van der Waals surface area contributed by atoms with E-state index in [1.54, 1.807) is 25.8 Å². The van der Waals surface area contributed by atoms with E-state index in [2.05, 4.69) is 30.3 Å². The topological polar surface area (TPSA) is 46.3 Å². The Kier molecular flexibility index (Phi) is 5.15. The van der Waals surface area contributed by atoms with Crippen molar-refractivity contribution in [3.63, 3.8) is 0 Å². The number of benzene rings is 2. The number of carbonyl (C=O) groups excluding carboxylic acids is 1. The average Bonchev–Trinajstić information content (AvgIpc) is 2.36. The molecule has 2 rings (SSSR count). The Hall–Kier alpha value is -1.58. The van der Waals surface area contributed by atoms with E-state index in [1.807, 2.05) is 12.1 Å². The molecule has 1 amide bonds. The highest BCUT2D eigenvalue weighted by molar-refractivity contribution is 5.86. The summed E-state index contributed by atoms with van der Waals surface area (Å²) in [5, 5.41) is 2.40. The quantitative estimate of drug-likeness (QED) is 0.945. The van der Waals surface area contributed by atoms with E-state index >= 15 is 0 Å². The number of amides is 1. The summed E-state index contributed by atoms with van der Waals surface area (Å²) in [6.45, 7) is 4.03. The summed E-state index contributed by atoms with van der Waals surface area (Å²) in [6.07, 6.45) is 0. The summed E-state index contributed by atoms with van der Waals surface area (Å²) in [6, 6.07) is 14.4. The summed E-state index contributed by atoms with van der Waals surface area (Å²) in [5.41, 5.74) is 6.12. The van der Waals surface area contributed by atoms with E-state index in [1.165, 1.54) is 10.8 Å². The first kappa shape index (κ1) is 16.5. The van der Waals surface area contributed by atoms with Gasteiger partial charge < -0.3 is 10.6 Å². The van der Waals surface area contributed by atoms with Crippen molar-refractivity contribution in [1.82, 2.24) is 4.90 Å². The molecule has 0 saturated carbocycles. The first-order valence-corrected chi connectivity index (χ1v) is 6.40. The number of nitrogens with zero attached hydrogens (tertiary/aromatic N) is 1. The fourth-order valence-electron chi connectivity index (χ4n) is 2.17. The Morgan fingerprint density at radius 3 is 2.35 bits per heavy atom. The van der Waals surface area contributed by atoms with E-state index in [-0.39, 0.29) is 18.3 Å². The van der Waals surface area contributed by atoms with Gasteiger partial charge in [-0.1, -0.05) is 36.4 Å². The van der Waals surface area contributed by atoms with Crippen LogP contribution in [0.1, 0.15) is 19.4 Å². The first-order chi connectivity index (χ1) is 8.88. The molecule has 0 atom stereocenters. The predicted molar refractivity (Wildman–Crippen MR) is 85.9 cm³/mol. The third-order valence-corrected chi connectivity index (χ3v) is 3.13. The molecule has 4 heteroatoms. The second-order valence-electron chi connectivity index (χ2n) is 5.56. The van der Waals surface area contributed by atoms with Crippen LogP contribution in [0.2, 0.25) is 0 Å². The molecule has 0 aliphatic heterocycles. The zero-order valence-corrected chi connectivity index (χ0v) is 12.9. The summed E-state index contributed by atoms with van der Waals surface area (Å²) in [7, 11) is 1.78. The summed E-state index contributed by atoms with van der Waals surface area (Å²) < 4.78 is 0. The summed E-state index contributed by atoms with van der Waals surface area (Å²) in [5.74, 6) is -0.0549. The van der Waals surface area contributed by atoms with Crippen molar-refractivity contribution in [3.05, 3.63) is 48.0 Å². The number of hydrogen-bond acceptors (Lipinski definition) is 2. The lowest BCUT2D eigenvalue weighted by Gasteiger charge is -2.26. The van der Waals surface area contributed by atoms with Crippen LogP contribution < -0.4 is 5.73 Å². The van der Waals surface area contributed by atoms with Crippen LogP contribution in [0.4, 0.5) is 0 Å². The van der Waals surface area contributed by atoms with Crippen molar-refractivity contribution in [2.75, 3.05) is 7.05 Å². The summed E-state index contributed by atoms with van der Waals surface area (Å²) in [4.78, 5) is 13.7. The SMILES string of the molecule is CN(Cc1ccc2ccccc2c1)C(=O)C(C)(C)N.Cl. The van der Waals surface area contributed by atoms with Gasteiger partial charge in [0, 0.05) is 13.6 Å². The molecule has 0 aliphatic rings. The van der Waals surface area contributed by atoms with Gasteiger partial charge in [-0.15, -0.1) is 12.4 Å². The van der Waals surface area contributed by atoms with E-state index < -0.39 is 5.54 Å². The van der Waals surface area contributed by atoms with E-state index in [0.29, 0.717) is 6.54 Å². The Bertz CT molecular complexity index is 605. The smallest absolute Gasteiger partial charge is 0.242 e. The fraction of sp³-hybridized carbons (Fsp3) is 0.312. The number of rotatable bonds is 3. The van der Waals surface area contributed by atoms with Crippen LogP contribution in [0.15, 0.2) is 42.5 Å². The molecular weight excluding hydrogens is 272 g/mol. The lowest BCUT2D eigenvalue weighted by atomic mass is 10.0. The normalized spacial score (nSPS) is 11.0. The van der Waals surface area contributed by atoms with E-state index in [0.717, 1.165) is 5.56 Å². The number of nitrogens with two attached hydrogens (primary N) is 1. The van der Waals surface area contributed by atoms with Gasteiger partial charge in [0.15, 0.2) is 0 Å². The van der Waals surface area contributed by atoms with Crippen LogP contribution in [0.5, 0.6) is 0 Å². The van der Waals surface area contributed by atoms with Crippen molar-refractivity contribution >= 4 is 29.1 Å². The molecule has 2 N–H and O–H groups in total. The minimum absolute atomic E-state index is 0. The van der Waals surface area contributed by atoms with E-state index in [9.17, 15) is 4.79 Å². The molecule has 20 heavy (non-hydrogen) atoms. The molecule has 0 fully saturated rings. The van der Waals surface area contributed by atoms with Crippen molar-refractivity contribution in [3.8, 4) is 0 Å². The zero-order chi connectivity index (χ0) is 14.0. The van der Waals surface area contributed by atoms with Crippen LogP contribution in [-0.4, -0.2) is 23.4 Å². The predicted octanol–water partition coefficient (Wildman–Crippen LogP) is 2.96. The van der Waals surface area contributed by atoms with Gasteiger partial charge in [0.2, 0.25) is 5.91 Å². The van der Waals surface area contributed by atoms with Crippen LogP contribution in [-0.2, 0) is 11.3 Å². The minimum atomic E-state index is -0.828. The Morgan fingerprint density at radius 1 is 1.15 bits per heavy atom. The zero-order valence-electron chi connectivity index (χ0n) is 12.1. The standard InChI is InChI=1S/C16H20N2O.ClH/c1-16(2,17)15(19)18(3)11-12-8-9-13-6-4-5-7-14(13)10-12;/h4-10H,11,17H2,1-3H3;1H. The number of likely N-dealkylation sites (N-methyl/N-ethyl adjacent to an activating group) is 1. The van der Waals surface area contributed by atoms with Gasteiger partial charge in [0.05, 0.1) is 5.54 Å². The second kappa shape index (κ2) is 6.25. The van der Waals surface area contributed by atoms with Crippen LogP contribution in [0, 0.1) is 0 Å². The lowest BCUT2D eigenvalue weighted by Crippen LogP contribution is -2.49. The van der Waals surface area contributed by atoms with Gasteiger partial charge in [0.1, 0.15) is 0 Å². The number of halogens is 1. The molecule has 0 aliphatic carbocycles. The molecule has 2 aromatic carbocycles. The molecule has 0 aromatic heterocycles. The molecule has 0 unspecified atom stereocenters. The maximum absolute atomic E-state index is 12.0. The largest absolute Gasteiger partial charge is 0.340 e. The molecule has 0 bridgehead atoms. The third kappa shape index (κ3) is 3.71. The summed E-state index contributed by atoms with van der Waals surface area (Å²) >= 11 is 0. The maximum Gasteiger partial charge on any atom is 0.242 e.